The summed E-state index contributed by atoms with van der Waals surface area (Å²) in [6.45, 7) is 1.98. The summed E-state index contributed by atoms with van der Waals surface area (Å²) in [7, 11) is 0. The van der Waals surface area contributed by atoms with Crippen LogP contribution in [0.2, 0.25) is 0 Å². The van der Waals surface area contributed by atoms with Crippen molar-refractivity contribution in [3.05, 3.63) is 99.6 Å². The van der Waals surface area contributed by atoms with Crippen LogP contribution >= 0.6 is 11.8 Å². The van der Waals surface area contributed by atoms with Crippen LogP contribution < -0.4 is 0 Å². The lowest BCUT2D eigenvalue weighted by Crippen LogP contribution is -2.02. The molecule has 1 heterocycles. The van der Waals surface area contributed by atoms with E-state index in [-0.39, 0.29) is 22.3 Å². The number of carbonyl (C=O) groups is 1. The Morgan fingerprint density at radius 1 is 0.967 bits per heavy atom. The molecule has 4 aromatic rings. The number of aromatic nitrogens is 2. The summed E-state index contributed by atoms with van der Waals surface area (Å²) in [5.41, 5.74) is 2.37. The molecular weight excluding hydrogens is 402 g/mol. The van der Waals surface area contributed by atoms with E-state index in [2.05, 4.69) is 10.2 Å². The van der Waals surface area contributed by atoms with Gasteiger partial charge in [-0.3, -0.25) is 14.9 Å². The number of carbonyl (C=O) groups excluding carboxylic acids is 1. The summed E-state index contributed by atoms with van der Waals surface area (Å²) in [6, 6.07) is 20.6. The van der Waals surface area contributed by atoms with E-state index in [1.165, 1.54) is 12.1 Å². The zero-order valence-corrected chi connectivity index (χ0v) is 16.6. The van der Waals surface area contributed by atoms with Gasteiger partial charge in [-0.25, -0.2) is 0 Å². The molecule has 0 aliphatic heterocycles. The second-order valence-corrected chi connectivity index (χ2v) is 7.47. The molecule has 0 amide bonds. The highest BCUT2D eigenvalue weighted by molar-refractivity contribution is 7.99. The standard InChI is InChI=1S/C22H15N3O4S/c1-14-7-9-16(10-8-14)21-23-24-22(29-21)30-19-12-11-17(13-18(19)25(27)28)20(26)15-5-3-2-4-6-15/h2-13H,1H3. The quantitative estimate of drug-likeness (QED) is 0.237. The average molecular weight is 417 g/mol. The minimum atomic E-state index is -0.526. The molecule has 8 heteroatoms. The fourth-order valence-corrected chi connectivity index (χ4v) is 3.57. The first-order valence-corrected chi connectivity index (χ1v) is 9.79. The summed E-state index contributed by atoms with van der Waals surface area (Å²) in [6.07, 6.45) is 0. The van der Waals surface area contributed by atoms with E-state index >= 15 is 0 Å². The molecule has 0 bridgehead atoms. The van der Waals surface area contributed by atoms with Gasteiger partial charge in [-0.05, 0) is 43.0 Å². The predicted molar refractivity (Wildman–Crippen MR) is 112 cm³/mol. The van der Waals surface area contributed by atoms with Crippen LogP contribution in [0.15, 0.2) is 87.3 Å². The van der Waals surface area contributed by atoms with Crippen LogP contribution in [0.4, 0.5) is 5.69 Å². The Kier molecular flexibility index (Phi) is 5.40. The molecule has 30 heavy (non-hydrogen) atoms. The number of nitro benzene ring substituents is 1. The van der Waals surface area contributed by atoms with Gasteiger partial charge in [-0.2, -0.15) is 0 Å². The first-order valence-electron chi connectivity index (χ1n) is 8.98. The third-order valence-electron chi connectivity index (χ3n) is 4.36. The number of aryl methyl sites for hydroxylation is 1. The zero-order valence-electron chi connectivity index (χ0n) is 15.8. The van der Waals surface area contributed by atoms with Gasteiger partial charge in [0.1, 0.15) is 0 Å². The fourth-order valence-electron chi connectivity index (χ4n) is 2.80. The lowest BCUT2D eigenvalue weighted by Gasteiger charge is -2.04. The van der Waals surface area contributed by atoms with E-state index < -0.39 is 4.92 Å². The maximum absolute atomic E-state index is 12.6. The molecule has 0 N–H and O–H groups in total. The third-order valence-corrected chi connectivity index (χ3v) is 5.26. The Hall–Kier alpha value is -3.78. The number of hydrogen-bond acceptors (Lipinski definition) is 7. The van der Waals surface area contributed by atoms with Crippen LogP contribution in [0.25, 0.3) is 11.5 Å². The highest BCUT2D eigenvalue weighted by atomic mass is 32.2. The van der Waals surface area contributed by atoms with E-state index in [4.69, 9.17) is 4.42 Å². The third kappa shape index (κ3) is 4.13. The van der Waals surface area contributed by atoms with Gasteiger partial charge < -0.3 is 4.42 Å². The van der Waals surface area contributed by atoms with Crippen molar-refractivity contribution in [2.24, 2.45) is 0 Å². The van der Waals surface area contributed by atoms with Gasteiger partial charge in [0.05, 0.1) is 9.82 Å². The monoisotopic (exact) mass is 417 g/mol. The Morgan fingerprint density at radius 3 is 2.40 bits per heavy atom. The molecular formula is C22H15N3O4S. The van der Waals surface area contributed by atoms with Gasteiger partial charge in [0.25, 0.3) is 10.9 Å². The van der Waals surface area contributed by atoms with Crippen LogP contribution in [0, 0.1) is 17.0 Å². The van der Waals surface area contributed by atoms with Crippen molar-refractivity contribution >= 4 is 23.2 Å². The minimum absolute atomic E-state index is 0.177. The second-order valence-electron chi connectivity index (χ2n) is 6.48. The Bertz CT molecular complexity index is 1220. The summed E-state index contributed by atoms with van der Waals surface area (Å²) >= 11 is 0.984. The van der Waals surface area contributed by atoms with Gasteiger partial charge in [-0.15, -0.1) is 10.2 Å². The molecule has 0 saturated carbocycles. The minimum Gasteiger partial charge on any atom is -0.411 e. The smallest absolute Gasteiger partial charge is 0.284 e. The molecule has 0 unspecified atom stereocenters. The highest BCUT2D eigenvalue weighted by Crippen LogP contribution is 2.36. The number of nitrogens with zero attached hydrogens (tertiary/aromatic N) is 3. The molecule has 0 aliphatic carbocycles. The normalized spacial score (nSPS) is 10.7. The first-order chi connectivity index (χ1) is 14.5. The van der Waals surface area contributed by atoms with Crippen molar-refractivity contribution in [1.82, 2.24) is 10.2 Å². The Morgan fingerprint density at radius 2 is 1.70 bits per heavy atom. The summed E-state index contributed by atoms with van der Waals surface area (Å²) in [5, 5.41) is 19.8. The van der Waals surface area contributed by atoms with Crippen molar-refractivity contribution in [2.75, 3.05) is 0 Å². The maximum atomic E-state index is 12.6. The van der Waals surface area contributed by atoms with E-state index in [0.717, 1.165) is 22.9 Å². The van der Waals surface area contributed by atoms with Crippen LogP contribution in [-0.4, -0.2) is 20.9 Å². The number of ketones is 1. The van der Waals surface area contributed by atoms with Crippen LogP contribution in [0.5, 0.6) is 0 Å². The average Bonchev–Trinajstić information content (AvgIpc) is 3.23. The Balaban J connectivity index is 1.61. The van der Waals surface area contributed by atoms with Gasteiger partial charge >= 0.3 is 0 Å². The molecule has 0 radical (unpaired) electrons. The molecule has 4 rings (SSSR count). The summed E-state index contributed by atoms with van der Waals surface area (Å²) in [4.78, 5) is 24.0. The molecule has 0 aliphatic rings. The van der Waals surface area contributed by atoms with Gasteiger partial charge in [0, 0.05) is 22.8 Å². The predicted octanol–water partition coefficient (Wildman–Crippen LogP) is 5.34. The zero-order chi connectivity index (χ0) is 21.1. The lowest BCUT2D eigenvalue weighted by atomic mass is 10.0. The van der Waals surface area contributed by atoms with Crippen molar-refractivity contribution in [3.8, 4) is 11.5 Å². The molecule has 0 spiro atoms. The first kappa shape index (κ1) is 19.5. The van der Waals surface area contributed by atoms with Gasteiger partial charge in [0.15, 0.2) is 5.78 Å². The van der Waals surface area contributed by atoms with Crippen LogP contribution in [0.1, 0.15) is 21.5 Å². The van der Waals surface area contributed by atoms with E-state index in [1.54, 1.807) is 36.4 Å². The largest absolute Gasteiger partial charge is 0.411 e. The highest BCUT2D eigenvalue weighted by Gasteiger charge is 2.21. The van der Waals surface area contributed by atoms with Crippen molar-refractivity contribution in [2.45, 2.75) is 17.0 Å². The van der Waals surface area contributed by atoms with Gasteiger partial charge in [0.2, 0.25) is 5.89 Å². The molecule has 3 aromatic carbocycles. The summed E-state index contributed by atoms with van der Waals surface area (Å²) < 4.78 is 5.65. The molecule has 148 valence electrons. The topological polar surface area (TPSA) is 99.1 Å². The van der Waals surface area contributed by atoms with Crippen LogP contribution in [0.3, 0.4) is 0 Å². The maximum Gasteiger partial charge on any atom is 0.284 e. The van der Waals surface area contributed by atoms with E-state index in [0.29, 0.717) is 16.3 Å². The van der Waals surface area contributed by atoms with Gasteiger partial charge in [-0.1, -0.05) is 48.0 Å². The van der Waals surface area contributed by atoms with E-state index in [1.807, 2.05) is 31.2 Å². The van der Waals surface area contributed by atoms with Crippen molar-refractivity contribution < 1.29 is 14.1 Å². The van der Waals surface area contributed by atoms with Crippen LogP contribution in [-0.2, 0) is 0 Å². The molecule has 0 fully saturated rings. The molecule has 0 atom stereocenters. The number of nitro groups is 1. The molecule has 1 aromatic heterocycles. The van der Waals surface area contributed by atoms with Crippen molar-refractivity contribution in [3.63, 3.8) is 0 Å². The lowest BCUT2D eigenvalue weighted by molar-refractivity contribution is -0.387. The molecule has 0 saturated heterocycles. The SMILES string of the molecule is Cc1ccc(-c2nnc(Sc3ccc(C(=O)c4ccccc4)cc3[N+](=O)[O-])o2)cc1. The molecule has 7 nitrogen and oxygen atoms in total. The van der Waals surface area contributed by atoms with E-state index in [9.17, 15) is 14.9 Å². The Labute approximate surface area is 175 Å². The second kappa shape index (κ2) is 8.30. The number of rotatable bonds is 6. The summed E-state index contributed by atoms with van der Waals surface area (Å²) in [5.74, 6) is 0.0470. The number of benzene rings is 3. The fraction of sp³-hybridized carbons (Fsp3) is 0.0455. The number of hydrogen-bond donors (Lipinski definition) is 0. The van der Waals surface area contributed by atoms with Crippen molar-refractivity contribution in [1.29, 1.82) is 0 Å².